The normalized spacial score (nSPS) is 12.0. The van der Waals surface area contributed by atoms with Crippen LogP contribution in [0.25, 0.3) is 6.08 Å². The highest BCUT2D eigenvalue weighted by Crippen LogP contribution is 2.36. The molecule has 1 heterocycles. The Morgan fingerprint density at radius 1 is 1.29 bits per heavy atom. The molecule has 21 heavy (non-hydrogen) atoms. The number of rotatable bonds is 3. The van der Waals surface area contributed by atoms with Gasteiger partial charge in [-0.05, 0) is 47.7 Å². The van der Waals surface area contributed by atoms with Gasteiger partial charge in [-0.1, -0.05) is 12.1 Å². The average Bonchev–Trinajstić information content (AvgIpc) is 2.83. The first-order chi connectivity index (χ1) is 9.77. The number of phenolic OH excluding ortho intramolecular Hbond substituents is 1. The standard InChI is InChI=1S/C15H11F3O2S/c1-9-6-14(21-8-9)13(20)5-3-10-2-4-12(19)11(7-10)15(16,17)18/h2-8,19H,1H3. The Bertz CT molecular complexity index is 699. The summed E-state index contributed by atoms with van der Waals surface area (Å²) < 4.78 is 37.9. The SMILES string of the molecule is Cc1csc(C(=O)C=Cc2ccc(O)c(C(F)(F)F)c2)c1. The molecular formula is C15H11F3O2S. The fourth-order valence-electron chi connectivity index (χ4n) is 1.70. The van der Waals surface area contributed by atoms with Gasteiger partial charge in [-0.3, -0.25) is 4.79 Å². The van der Waals surface area contributed by atoms with Gasteiger partial charge in [-0.25, -0.2) is 0 Å². The maximum atomic E-state index is 12.6. The van der Waals surface area contributed by atoms with E-state index in [0.29, 0.717) is 4.88 Å². The van der Waals surface area contributed by atoms with Crippen molar-refractivity contribution in [2.45, 2.75) is 13.1 Å². The van der Waals surface area contributed by atoms with E-state index in [9.17, 15) is 23.1 Å². The molecule has 0 atom stereocenters. The third-order valence-corrected chi connectivity index (χ3v) is 3.79. The van der Waals surface area contributed by atoms with Gasteiger partial charge in [-0.2, -0.15) is 13.2 Å². The van der Waals surface area contributed by atoms with Crippen LogP contribution in [-0.4, -0.2) is 10.9 Å². The maximum Gasteiger partial charge on any atom is 0.419 e. The first-order valence-corrected chi connectivity index (χ1v) is 6.83. The zero-order valence-electron chi connectivity index (χ0n) is 10.9. The molecule has 6 heteroatoms. The van der Waals surface area contributed by atoms with E-state index in [1.165, 1.54) is 29.6 Å². The van der Waals surface area contributed by atoms with Gasteiger partial charge in [0.2, 0.25) is 0 Å². The summed E-state index contributed by atoms with van der Waals surface area (Å²) in [5.41, 5.74) is 0.0339. The second kappa shape index (κ2) is 5.73. The van der Waals surface area contributed by atoms with Crippen LogP contribution in [0.3, 0.4) is 0 Å². The molecule has 0 bridgehead atoms. The summed E-state index contributed by atoms with van der Waals surface area (Å²) in [4.78, 5) is 12.4. The van der Waals surface area contributed by atoms with E-state index in [1.807, 2.05) is 12.3 Å². The number of carbonyl (C=O) groups excluding carboxylic acids is 1. The lowest BCUT2D eigenvalue weighted by molar-refractivity contribution is -0.138. The van der Waals surface area contributed by atoms with Crippen LogP contribution in [0, 0.1) is 6.92 Å². The molecule has 110 valence electrons. The van der Waals surface area contributed by atoms with Crippen molar-refractivity contribution in [3.8, 4) is 5.75 Å². The molecule has 0 aliphatic carbocycles. The predicted molar refractivity (Wildman–Crippen MR) is 75.5 cm³/mol. The molecular weight excluding hydrogens is 301 g/mol. The summed E-state index contributed by atoms with van der Waals surface area (Å²) in [6.45, 7) is 1.85. The van der Waals surface area contributed by atoms with Crippen LogP contribution < -0.4 is 0 Å². The molecule has 0 saturated carbocycles. The number of halogens is 3. The summed E-state index contributed by atoms with van der Waals surface area (Å²) in [7, 11) is 0. The largest absolute Gasteiger partial charge is 0.507 e. The number of thiophene rings is 1. The molecule has 2 aromatic rings. The molecule has 1 aromatic carbocycles. The number of aryl methyl sites for hydroxylation is 1. The van der Waals surface area contributed by atoms with E-state index in [2.05, 4.69) is 0 Å². The number of aromatic hydroxyl groups is 1. The lowest BCUT2D eigenvalue weighted by atomic mass is 10.1. The fourth-order valence-corrected chi connectivity index (χ4v) is 2.52. The van der Waals surface area contributed by atoms with Crippen molar-refractivity contribution in [1.82, 2.24) is 0 Å². The van der Waals surface area contributed by atoms with Crippen LogP contribution >= 0.6 is 11.3 Å². The number of allylic oxidation sites excluding steroid dienone is 1. The average molecular weight is 312 g/mol. The number of hydrogen-bond acceptors (Lipinski definition) is 3. The lowest BCUT2D eigenvalue weighted by Crippen LogP contribution is -2.05. The van der Waals surface area contributed by atoms with Gasteiger partial charge in [0.25, 0.3) is 0 Å². The number of phenols is 1. The molecule has 1 aromatic heterocycles. The molecule has 0 amide bonds. The first-order valence-electron chi connectivity index (χ1n) is 5.95. The second-order valence-electron chi connectivity index (χ2n) is 4.46. The number of hydrogen-bond donors (Lipinski definition) is 1. The van der Waals surface area contributed by atoms with Crippen molar-refractivity contribution in [2.24, 2.45) is 0 Å². The molecule has 0 spiro atoms. The number of ketones is 1. The summed E-state index contributed by atoms with van der Waals surface area (Å²) in [6, 6.07) is 4.80. The van der Waals surface area contributed by atoms with Crippen LogP contribution in [0.1, 0.15) is 26.4 Å². The molecule has 0 unspecified atom stereocenters. The van der Waals surface area contributed by atoms with Crippen molar-refractivity contribution in [3.63, 3.8) is 0 Å². The van der Waals surface area contributed by atoms with Crippen molar-refractivity contribution >= 4 is 23.2 Å². The van der Waals surface area contributed by atoms with Crippen molar-refractivity contribution < 1.29 is 23.1 Å². The summed E-state index contributed by atoms with van der Waals surface area (Å²) in [5.74, 6) is -1.10. The quantitative estimate of drug-likeness (QED) is 0.660. The fraction of sp³-hybridized carbons (Fsp3) is 0.133. The van der Waals surface area contributed by atoms with Crippen LogP contribution in [0.4, 0.5) is 13.2 Å². The highest BCUT2D eigenvalue weighted by atomic mass is 32.1. The Morgan fingerprint density at radius 2 is 2.00 bits per heavy atom. The molecule has 2 rings (SSSR count). The van der Waals surface area contributed by atoms with Crippen LogP contribution in [0.15, 0.2) is 35.7 Å². The Morgan fingerprint density at radius 3 is 2.57 bits per heavy atom. The summed E-state index contributed by atoms with van der Waals surface area (Å²) in [5, 5.41) is 11.0. The highest BCUT2D eigenvalue weighted by Gasteiger charge is 2.33. The van der Waals surface area contributed by atoms with Gasteiger partial charge < -0.3 is 5.11 Å². The first kappa shape index (κ1) is 15.3. The van der Waals surface area contributed by atoms with Gasteiger partial charge in [0.1, 0.15) is 5.75 Å². The molecule has 1 N–H and O–H groups in total. The van der Waals surface area contributed by atoms with E-state index < -0.39 is 17.5 Å². The lowest BCUT2D eigenvalue weighted by Gasteiger charge is -2.09. The Kier molecular flexibility index (Phi) is 4.18. The zero-order valence-corrected chi connectivity index (χ0v) is 11.8. The number of benzene rings is 1. The van der Waals surface area contributed by atoms with E-state index in [-0.39, 0.29) is 11.3 Å². The van der Waals surface area contributed by atoms with Crippen LogP contribution in [0.5, 0.6) is 5.75 Å². The van der Waals surface area contributed by atoms with Crippen molar-refractivity contribution in [2.75, 3.05) is 0 Å². The van der Waals surface area contributed by atoms with Gasteiger partial charge in [0.15, 0.2) is 5.78 Å². The molecule has 0 fully saturated rings. The number of alkyl halides is 3. The Labute approximate surface area is 123 Å². The zero-order chi connectivity index (χ0) is 15.6. The van der Waals surface area contributed by atoms with Crippen LogP contribution in [0.2, 0.25) is 0 Å². The topological polar surface area (TPSA) is 37.3 Å². The highest BCUT2D eigenvalue weighted by molar-refractivity contribution is 7.12. The minimum absolute atomic E-state index is 0.196. The minimum Gasteiger partial charge on any atom is -0.507 e. The molecule has 0 aliphatic rings. The monoisotopic (exact) mass is 312 g/mol. The second-order valence-corrected chi connectivity index (χ2v) is 5.37. The molecule has 0 saturated heterocycles. The molecule has 2 nitrogen and oxygen atoms in total. The molecule has 0 aliphatic heterocycles. The smallest absolute Gasteiger partial charge is 0.419 e. The van der Waals surface area contributed by atoms with Gasteiger partial charge >= 0.3 is 6.18 Å². The number of carbonyl (C=O) groups is 1. The minimum atomic E-state index is -4.64. The molecule has 0 radical (unpaired) electrons. The third kappa shape index (κ3) is 3.72. The summed E-state index contributed by atoms with van der Waals surface area (Å²) in [6.07, 6.45) is -2.12. The van der Waals surface area contributed by atoms with Crippen molar-refractivity contribution in [3.05, 3.63) is 57.3 Å². The Balaban J connectivity index is 2.24. The summed E-state index contributed by atoms with van der Waals surface area (Å²) >= 11 is 1.28. The van der Waals surface area contributed by atoms with Crippen LogP contribution in [-0.2, 0) is 6.18 Å². The van der Waals surface area contributed by atoms with Gasteiger partial charge in [-0.15, -0.1) is 11.3 Å². The van der Waals surface area contributed by atoms with E-state index in [1.54, 1.807) is 6.07 Å². The van der Waals surface area contributed by atoms with Gasteiger partial charge in [0.05, 0.1) is 10.4 Å². The van der Waals surface area contributed by atoms with Crippen molar-refractivity contribution in [1.29, 1.82) is 0 Å². The third-order valence-electron chi connectivity index (χ3n) is 2.73. The maximum absolute atomic E-state index is 12.6. The van der Waals surface area contributed by atoms with E-state index in [4.69, 9.17) is 0 Å². The van der Waals surface area contributed by atoms with Gasteiger partial charge in [0, 0.05) is 0 Å². The predicted octanol–water partition coefficient (Wildman–Crippen LogP) is 4.68. The Hall–Kier alpha value is -2.08. The van der Waals surface area contributed by atoms with E-state index in [0.717, 1.165) is 17.7 Å². The van der Waals surface area contributed by atoms with E-state index >= 15 is 0 Å².